The number of imidazole rings is 1. The van der Waals surface area contributed by atoms with Crippen LogP contribution in [0.25, 0.3) is 0 Å². The maximum Gasteiger partial charge on any atom is 0.273 e. The third-order valence-corrected chi connectivity index (χ3v) is 6.66. The molecule has 0 saturated heterocycles. The second kappa shape index (κ2) is 10.4. The predicted molar refractivity (Wildman–Crippen MR) is 137 cm³/mol. The Labute approximate surface area is 211 Å². The van der Waals surface area contributed by atoms with E-state index in [0.29, 0.717) is 26.1 Å². The Bertz CT molecular complexity index is 1260. The molecule has 0 fully saturated rings. The smallest absolute Gasteiger partial charge is 0.273 e. The van der Waals surface area contributed by atoms with Crippen LogP contribution in [0, 0.1) is 13.8 Å². The summed E-state index contributed by atoms with van der Waals surface area (Å²) in [5, 5.41) is 5.85. The van der Waals surface area contributed by atoms with Gasteiger partial charge in [-0.25, -0.2) is 4.98 Å². The molecule has 0 saturated carbocycles. The van der Waals surface area contributed by atoms with E-state index in [1.165, 1.54) is 6.33 Å². The number of aromatic nitrogens is 2. The first-order valence-corrected chi connectivity index (χ1v) is 12.3. The first-order chi connectivity index (χ1) is 17.2. The van der Waals surface area contributed by atoms with Gasteiger partial charge in [0, 0.05) is 19.6 Å². The molecule has 1 aliphatic heterocycles. The van der Waals surface area contributed by atoms with Gasteiger partial charge in [0.1, 0.15) is 11.2 Å². The van der Waals surface area contributed by atoms with Crippen LogP contribution in [0.3, 0.4) is 0 Å². The molecule has 1 aliphatic rings. The van der Waals surface area contributed by atoms with Crippen molar-refractivity contribution in [2.24, 2.45) is 0 Å². The molecular weight excluding hydrogens is 454 g/mol. The van der Waals surface area contributed by atoms with Crippen molar-refractivity contribution in [1.29, 1.82) is 0 Å². The Morgan fingerprint density at radius 3 is 2.06 bits per heavy atom. The molecule has 1 unspecified atom stereocenters. The molecule has 1 aromatic heterocycles. The van der Waals surface area contributed by atoms with E-state index in [0.717, 1.165) is 22.3 Å². The van der Waals surface area contributed by atoms with Crippen LogP contribution in [0.15, 0.2) is 54.9 Å². The summed E-state index contributed by atoms with van der Waals surface area (Å²) in [5.41, 5.74) is 3.41. The van der Waals surface area contributed by atoms with Crippen LogP contribution in [0.2, 0.25) is 0 Å². The van der Waals surface area contributed by atoms with Gasteiger partial charge in [-0.05, 0) is 38.3 Å². The van der Waals surface area contributed by atoms with Crippen LogP contribution in [0.4, 0.5) is 0 Å². The molecule has 2 aromatic carbocycles. The van der Waals surface area contributed by atoms with E-state index in [-0.39, 0.29) is 29.7 Å². The largest absolute Gasteiger partial charge is 0.350 e. The van der Waals surface area contributed by atoms with E-state index < -0.39 is 11.4 Å². The van der Waals surface area contributed by atoms with E-state index in [4.69, 9.17) is 0 Å². The fourth-order valence-corrected chi connectivity index (χ4v) is 4.48. The molecule has 0 aliphatic carbocycles. The van der Waals surface area contributed by atoms with Gasteiger partial charge in [-0.3, -0.25) is 14.4 Å². The minimum Gasteiger partial charge on any atom is -0.350 e. The van der Waals surface area contributed by atoms with E-state index in [1.807, 2.05) is 69.3 Å². The number of nitrogens with one attached hydrogen (secondary N) is 2. The van der Waals surface area contributed by atoms with Crippen LogP contribution in [0.1, 0.15) is 63.5 Å². The van der Waals surface area contributed by atoms with Crippen molar-refractivity contribution in [3.8, 4) is 0 Å². The van der Waals surface area contributed by atoms with E-state index in [9.17, 15) is 14.4 Å². The summed E-state index contributed by atoms with van der Waals surface area (Å²) in [5.74, 6) is -1.02. The van der Waals surface area contributed by atoms with Gasteiger partial charge >= 0.3 is 0 Å². The molecule has 0 bridgehead atoms. The maximum atomic E-state index is 13.6. The van der Waals surface area contributed by atoms with Gasteiger partial charge in [-0.15, -0.1) is 0 Å². The predicted octanol–water partition coefficient (Wildman–Crippen LogP) is 3.37. The Morgan fingerprint density at radius 1 is 0.944 bits per heavy atom. The summed E-state index contributed by atoms with van der Waals surface area (Å²) >= 11 is 0. The minimum atomic E-state index is -1.11. The van der Waals surface area contributed by atoms with Gasteiger partial charge in [-0.1, -0.05) is 66.6 Å². The maximum absolute atomic E-state index is 13.6. The molecule has 8 heteroatoms. The molecule has 4 rings (SSSR count). The molecule has 2 N–H and O–H groups in total. The number of fused-ring (bicyclic) bond motifs is 1. The number of nitrogens with zero attached hydrogens (tertiary/aromatic N) is 3. The second-order valence-electron chi connectivity index (χ2n) is 9.64. The first kappa shape index (κ1) is 25.2. The van der Waals surface area contributed by atoms with Crippen molar-refractivity contribution in [3.63, 3.8) is 0 Å². The molecule has 0 radical (unpaired) electrons. The molecule has 0 spiro atoms. The van der Waals surface area contributed by atoms with Crippen LogP contribution in [-0.4, -0.2) is 44.3 Å². The number of carbonyl (C=O) groups is 3. The quantitative estimate of drug-likeness (QED) is 0.509. The van der Waals surface area contributed by atoms with Gasteiger partial charge in [0.2, 0.25) is 5.91 Å². The third kappa shape index (κ3) is 5.03. The zero-order valence-corrected chi connectivity index (χ0v) is 21.3. The van der Waals surface area contributed by atoms with Crippen LogP contribution in [-0.2, 0) is 24.4 Å². The number of benzene rings is 2. The van der Waals surface area contributed by atoms with Crippen molar-refractivity contribution in [3.05, 3.63) is 88.5 Å². The normalized spacial score (nSPS) is 17.0. The first-order valence-electron chi connectivity index (χ1n) is 12.3. The number of amides is 3. The Kier molecular flexibility index (Phi) is 7.24. The van der Waals surface area contributed by atoms with Gasteiger partial charge in [0.25, 0.3) is 11.8 Å². The van der Waals surface area contributed by atoms with Crippen LogP contribution < -0.4 is 10.6 Å². The number of aryl methyl sites for hydroxylation is 2. The number of rotatable bonds is 8. The highest BCUT2D eigenvalue weighted by atomic mass is 16.2. The zero-order valence-electron chi connectivity index (χ0n) is 21.3. The Morgan fingerprint density at radius 2 is 1.50 bits per heavy atom. The van der Waals surface area contributed by atoms with Gasteiger partial charge in [0.05, 0.1) is 12.9 Å². The highest BCUT2D eigenvalue weighted by Gasteiger charge is 2.48. The van der Waals surface area contributed by atoms with E-state index in [1.54, 1.807) is 16.4 Å². The average Bonchev–Trinajstić information content (AvgIpc) is 3.29. The van der Waals surface area contributed by atoms with E-state index in [2.05, 4.69) is 15.6 Å². The van der Waals surface area contributed by atoms with Crippen LogP contribution in [0.5, 0.6) is 0 Å². The van der Waals surface area contributed by atoms with Crippen molar-refractivity contribution in [2.75, 3.05) is 6.54 Å². The molecule has 3 aromatic rings. The summed E-state index contributed by atoms with van der Waals surface area (Å²) < 4.78 is 1.63. The van der Waals surface area contributed by atoms with Crippen LogP contribution >= 0.6 is 0 Å². The lowest BCUT2D eigenvalue weighted by Crippen LogP contribution is -2.64. The highest BCUT2D eigenvalue weighted by Crippen LogP contribution is 2.29. The van der Waals surface area contributed by atoms with Crippen molar-refractivity contribution < 1.29 is 14.4 Å². The van der Waals surface area contributed by atoms with Crippen molar-refractivity contribution in [1.82, 2.24) is 25.1 Å². The standard InChI is InChI=1S/C28H33N5O3/c1-5-14-33-26(35)24-23(25(34)29-15-21-10-6-19(2)7-11-21)31-18-32(24)17-28(33,4)27(36)30-16-22-12-8-20(3)9-13-22/h6-13,18H,5,14-17H2,1-4H3,(H,29,34)(H,30,36). The van der Waals surface area contributed by atoms with Gasteiger partial charge in [0.15, 0.2) is 5.69 Å². The molecule has 2 heterocycles. The summed E-state index contributed by atoms with van der Waals surface area (Å²) in [4.78, 5) is 45.9. The summed E-state index contributed by atoms with van der Waals surface area (Å²) in [6, 6.07) is 15.8. The lowest BCUT2D eigenvalue weighted by Gasteiger charge is -2.43. The molecular formula is C28H33N5O3. The average molecular weight is 488 g/mol. The minimum absolute atomic E-state index is 0.0790. The summed E-state index contributed by atoms with van der Waals surface area (Å²) in [6.07, 6.45) is 2.15. The zero-order chi connectivity index (χ0) is 25.9. The topological polar surface area (TPSA) is 96.3 Å². The lowest BCUT2D eigenvalue weighted by molar-refractivity contribution is -0.133. The molecule has 3 amide bonds. The number of carbonyl (C=O) groups excluding carboxylic acids is 3. The highest BCUT2D eigenvalue weighted by molar-refractivity contribution is 6.07. The SMILES string of the molecule is CCCN1C(=O)c2c(C(=O)NCc3ccc(C)cc3)ncn2CC1(C)C(=O)NCc1ccc(C)cc1. The molecule has 188 valence electrons. The monoisotopic (exact) mass is 487 g/mol. The molecule has 8 nitrogen and oxygen atoms in total. The van der Waals surface area contributed by atoms with Gasteiger partial charge < -0.3 is 20.1 Å². The number of hydrogen-bond donors (Lipinski definition) is 2. The Hall–Kier alpha value is -3.94. The second-order valence-corrected chi connectivity index (χ2v) is 9.64. The molecule has 36 heavy (non-hydrogen) atoms. The number of hydrogen-bond acceptors (Lipinski definition) is 4. The summed E-state index contributed by atoms with van der Waals surface area (Å²) in [6.45, 7) is 9.05. The third-order valence-electron chi connectivity index (χ3n) is 6.66. The Balaban J connectivity index is 1.53. The summed E-state index contributed by atoms with van der Waals surface area (Å²) in [7, 11) is 0. The lowest BCUT2D eigenvalue weighted by atomic mass is 9.93. The van der Waals surface area contributed by atoms with Gasteiger partial charge in [-0.2, -0.15) is 0 Å². The van der Waals surface area contributed by atoms with Crippen molar-refractivity contribution in [2.45, 2.75) is 59.3 Å². The fourth-order valence-electron chi connectivity index (χ4n) is 4.48. The fraction of sp³-hybridized carbons (Fsp3) is 0.357. The van der Waals surface area contributed by atoms with E-state index >= 15 is 0 Å². The molecule has 1 atom stereocenters. The van der Waals surface area contributed by atoms with Crippen molar-refractivity contribution >= 4 is 17.7 Å².